The van der Waals surface area contributed by atoms with Crippen LogP contribution in [-0.2, 0) is 0 Å². The van der Waals surface area contributed by atoms with Crippen molar-refractivity contribution in [3.05, 3.63) is 47.5 Å². The molecule has 64 valence electrons. The normalized spacial score (nSPS) is 12.6. The van der Waals surface area contributed by atoms with Crippen LogP contribution < -0.4 is 5.73 Å². The Morgan fingerprint density at radius 3 is 2.25 bits per heavy atom. The Hall–Kier alpha value is -1.08. The van der Waals surface area contributed by atoms with Crippen molar-refractivity contribution in [2.45, 2.75) is 19.9 Å². The third-order valence-electron chi connectivity index (χ3n) is 1.97. The van der Waals surface area contributed by atoms with E-state index in [1.54, 1.807) is 0 Å². The van der Waals surface area contributed by atoms with Gasteiger partial charge in [-0.15, -0.1) is 0 Å². The van der Waals surface area contributed by atoms with Gasteiger partial charge in [-0.05, 0) is 19.4 Å². The van der Waals surface area contributed by atoms with Crippen LogP contribution in [-0.4, -0.2) is 0 Å². The van der Waals surface area contributed by atoms with E-state index in [1.165, 1.54) is 5.56 Å². The smallest absolute Gasteiger partial charge is 0.0505 e. The van der Waals surface area contributed by atoms with Crippen LogP contribution in [0.15, 0.2) is 36.4 Å². The molecule has 0 aromatic heterocycles. The average molecular weight is 161 g/mol. The van der Waals surface area contributed by atoms with Crippen molar-refractivity contribution in [1.82, 2.24) is 0 Å². The predicted octanol–water partition coefficient (Wildman–Crippen LogP) is 2.57. The van der Waals surface area contributed by atoms with E-state index in [1.807, 2.05) is 6.92 Å². The van der Waals surface area contributed by atoms with Crippen molar-refractivity contribution < 1.29 is 0 Å². The molecule has 0 aliphatic carbocycles. The third-order valence-corrected chi connectivity index (χ3v) is 1.97. The van der Waals surface area contributed by atoms with Crippen LogP contribution in [0.25, 0.3) is 0 Å². The molecule has 0 radical (unpaired) electrons. The molecule has 0 fully saturated rings. The molecule has 0 spiro atoms. The first-order valence-electron chi connectivity index (χ1n) is 4.09. The summed E-state index contributed by atoms with van der Waals surface area (Å²) >= 11 is 0. The topological polar surface area (TPSA) is 26.0 Å². The van der Waals surface area contributed by atoms with Crippen molar-refractivity contribution in [2.75, 3.05) is 0 Å². The lowest BCUT2D eigenvalue weighted by Crippen LogP contribution is -2.10. The molecule has 1 atom stereocenters. The quantitative estimate of drug-likeness (QED) is 0.663. The molecule has 0 saturated carbocycles. The van der Waals surface area contributed by atoms with Gasteiger partial charge in [0.25, 0.3) is 0 Å². The second-order valence-electron chi connectivity index (χ2n) is 3.23. The molecule has 0 aliphatic rings. The number of benzene rings is 1. The van der Waals surface area contributed by atoms with E-state index in [-0.39, 0.29) is 6.04 Å². The minimum Gasteiger partial charge on any atom is -0.321 e. The van der Waals surface area contributed by atoms with Gasteiger partial charge in [-0.3, -0.25) is 0 Å². The summed E-state index contributed by atoms with van der Waals surface area (Å²) in [5.41, 5.74) is 9.28. The second kappa shape index (κ2) is 3.55. The Balaban J connectivity index is 2.89. The molecule has 1 aromatic carbocycles. The summed E-state index contributed by atoms with van der Waals surface area (Å²) in [6.07, 6.45) is 0. The summed E-state index contributed by atoms with van der Waals surface area (Å²) in [6, 6.07) is 8.21. The van der Waals surface area contributed by atoms with Gasteiger partial charge in [0.1, 0.15) is 0 Å². The van der Waals surface area contributed by atoms with Crippen molar-refractivity contribution in [3.8, 4) is 0 Å². The number of hydrogen-bond donors (Lipinski definition) is 1. The third kappa shape index (κ3) is 1.95. The summed E-state index contributed by atoms with van der Waals surface area (Å²) in [5, 5.41) is 0. The Bertz CT molecular complexity index is 272. The van der Waals surface area contributed by atoms with Gasteiger partial charge in [0.05, 0.1) is 6.04 Å². The van der Waals surface area contributed by atoms with Crippen LogP contribution in [0.5, 0.6) is 0 Å². The Kier molecular flexibility index (Phi) is 2.66. The second-order valence-corrected chi connectivity index (χ2v) is 3.23. The molecular weight excluding hydrogens is 146 g/mol. The van der Waals surface area contributed by atoms with E-state index in [0.29, 0.717) is 0 Å². The van der Waals surface area contributed by atoms with Crippen molar-refractivity contribution in [1.29, 1.82) is 0 Å². The molecule has 0 amide bonds. The van der Waals surface area contributed by atoms with Crippen LogP contribution in [0.1, 0.15) is 24.1 Å². The van der Waals surface area contributed by atoms with E-state index in [4.69, 9.17) is 5.73 Å². The van der Waals surface area contributed by atoms with E-state index in [0.717, 1.165) is 11.1 Å². The summed E-state index contributed by atoms with van der Waals surface area (Å²) in [4.78, 5) is 0. The number of rotatable bonds is 2. The van der Waals surface area contributed by atoms with Crippen molar-refractivity contribution >= 4 is 0 Å². The lowest BCUT2D eigenvalue weighted by molar-refractivity contribution is 0.850. The van der Waals surface area contributed by atoms with Gasteiger partial charge in [0, 0.05) is 0 Å². The zero-order chi connectivity index (χ0) is 9.14. The number of nitrogens with two attached hydrogens (primary N) is 1. The predicted molar refractivity (Wildman–Crippen MR) is 52.9 cm³/mol. The molecule has 1 unspecified atom stereocenters. The lowest BCUT2D eigenvalue weighted by Gasteiger charge is -2.11. The lowest BCUT2D eigenvalue weighted by atomic mass is 10.0. The van der Waals surface area contributed by atoms with Crippen LogP contribution in [0.2, 0.25) is 0 Å². The molecule has 1 nitrogen and oxygen atoms in total. The maximum absolute atomic E-state index is 5.89. The van der Waals surface area contributed by atoms with Gasteiger partial charge in [-0.25, -0.2) is 0 Å². The van der Waals surface area contributed by atoms with Crippen molar-refractivity contribution in [3.63, 3.8) is 0 Å². The fraction of sp³-hybridized carbons (Fsp3) is 0.273. The summed E-state index contributed by atoms with van der Waals surface area (Å²) < 4.78 is 0. The Morgan fingerprint density at radius 1 is 1.33 bits per heavy atom. The molecule has 12 heavy (non-hydrogen) atoms. The van der Waals surface area contributed by atoms with E-state index >= 15 is 0 Å². The minimum absolute atomic E-state index is 0.0226. The summed E-state index contributed by atoms with van der Waals surface area (Å²) in [7, 11) is 0. The molecule has 0 saturated heterocycles. The average Bonchev–Trinajstić information content (AvgIpc) is 2.04. The minimum atomic E-state index is -0.0226. The monoisotopic (exact) mass is 161 g/mol. The van der Waals surface area contributed by atoms with Gasteiger partial charge < -0.3 is 5.73 Å². The zero-order valence-electron chi connectivity index (χ0n) is 7.67. The molecule has 0 heterocycles. The highest BCUT2D eigenvalue weighted by Crippen LogP contribution is 2.16. The molecule has 2 N–H and O–H groups in total. The summed E-state index contributed by atoms with van der Waals surface area (Å²) in [6.45, 7) is 7.84. The van der Waals surface area contributed by atoms with Crippen LogP contribution >= 0.6 is 0 Å². The first-order chi connectivity index (χ1) is 5.61. The van der Waals surface area contributed by atoms with Crippen LogP contribution in [0, 0.1) is 6.92 Å². The number of aryl methyl sites for hydroxylation is 1. The highest BCUT2D eigenvalue weighted by molar-refractivity contribution is 5.28. The maximum Gasteiger partial charge on any atom is 0.0505 e. The highest BCUT2D eigenvalue weighted by Gasteiger charge is 2.04. The molecular formula is C11H15N. The molecule has 1 rings (SSSR count). The molecule has 1 heteroatoms. The molecule has 1 aromatic rings. The molecule has 0 bridgehead atoms. The van der Waals surface area contributed by atoms with Gasteiger partial charge in [-0.1, -0.05) is 42.0 Å². The zero-order valence-corrected chi connectivity index (χ0v) is 7.67. The maximum atomic E-state index is 5.89. The SMILES string of the molecule is C=C(C)C(N)c1ccc(C)cc1. The Labute approximate surface area is 73.9 Å². The highest BCUT2D eigenvalue weighted by atomic mass is 14.6. The first kappa shape index (κ1) is 9.01. The van der Waals surface area contributed by atoms with Crippen molar-refractivity contribution in [2.24, 2.45) is 5.73 Å². The Morgan fingerprint density at radius 2 is 1.83 bits per heavy atom. The first-order valence-corrected chi connectivity index (χ1v) is 4.09. The van der Waals surface area contributed by atoms with Gasteiger partial charge in [0.2, 0.25) is 0 Å². The summed E-state index contributed by atoms with van der Waals surface area (Å²) in [5.74, 6) is 0. The molecule has 0 aliphatic heterocycles. The largest absolute Gasteiger partial charge is 0.321 e. The van der Waals surface area contributed by atoms with E-state index in [9.17, 15) is 0 Å². The van der Waals surface area contributed by atoms with Crippen LogP contribution in [0.4, 0.5) is 0 Å². The van der Waals surface area contributed by atoms with Gasteiger partial charge >= 0.3 is 0 Å². The van der Waals surface area contributed by atoms with Gasteiger partial charge in [0.15, 0.2) is 0 Å². The van der Waals surface area contributed by atoms with Crippen LogP contribution in [0.3, 0.4) is 0 Å². The number of hydrogen-bond acceptors (Lipinski definition) is 1. The van der Waals surface area contributed by atoms with Gasteiger partial charge in [-0.2, -0.15) is 0 Å². The van der Waals surface area contributed by atoms with E-state index in [2.05, 4.69) is 37.8 Å². The fourth-order valence-electron chi connectivity index (χ4n) is 1.06. The van der Waals surface area contributed by atoms with E-state index < -0.39 is 0 Å². The standard InChI is InChI=1S/C11H15N/c1-8(2)11(12)10-6-4-9(3)5-7-10/h4-7,11H,1,12H2,2-3H3. The fourth-order valence-corrected chi connectivity index (χ4v) is 1.06.